The van der Waals surface area contributed by atoms with Gasteiger partial charge in [0.05, 0.1) is 21.6 Å². The van der Waals surface area contributed by atoms with Gasteiger partial charge in [-0.1, -0.05) is 23.2 Å². The Bertz CT molecular complexity index is 842. The Labute approximate surface area is 131 Å². The summed E-state index contributed by atoms with van der Waals surface area (Å²) < 4.78 is 0. The van der Waals surface area contributed by atoms with E-state index in [0.29, 0.717) is 21.3 Å². The van der Waals surface area contributed by atoms with Crippen LogP contribution in [0.5, 0.6) is 0 Å². The van der Waals surface area contributed by atoms with Gasteiger partial charge >= 0.3 is 0 Å². The van der Waals surface area contributed by atoms with Crippen molar-refractivity contribution < 1.29 is 4.79 Å². The number of carbonyl (C=O) groups excluding carboxylic acids is 1. The molecule has 0 fully saturated rings. The summed E-state index contributed by atoms with van der Waals surface area (Å²) in [5.74, 6) is 0.543. The number of halogens is 2. The maximum Gasteiger partial charge on any atom is 0.257 e. The third-order valence-electron chi connectivity index (χ3n) is 3.03. The van der Waals surface area contributed by atoms with Crippen molar-refractivity contribution in [1.82, 2.24) is 9.97 Å². The number of amides is 1. The Morgan fingerprint density at radius 1 is 1.19 bits per heavy atom. The topological polar surface area (TPSA) is 57.8 Å². The predicted octanol–water partition coefficient (Wildman–Crippen LogP) is 4.43. The van der Waals surface area contributed by atoms with Gasteiger partial charge in [0.1, 0.15) is 5.82 Å². The van der Waals surface area contributed by atoms with E-state index in [1.165, 1.54) is 0 Å². The van der Waals surface area contributed by atoms with Crippen molar-refractivity contribution in [2.45, 2.75) is 6.92 Å². The van der Waals surface area contributed by atoms with Crippen LogP contribution < -0.4 is 5.32 Å². The van der Waals surface area contributed by atoms with E-state index in [0.717, 1.165) is 16.9 Å². The summed E-state index contributed by atoms with van der Waals surface area (Å²) in [6.07, 6.45) is 0. The molecular weight excluding hydrogens is 309 g/mol. The van der Waals surface area contributed by atoms with Gasteiger partial charge in [-0.2, -0.15) is 0 Å². The molecule has 21 heavy (non-hydrogen) atoms. The molecule has 0 spiro atoms. The van der Waals surface area contributed by atoms with E-state index in [2.05, 4.69) is 15.3 Å². The minimum atomic E-state index is -0.285. The van der Waals surface area contributed by atoms with Gasteiger partial charge in [-0.15, -0.1) is 0 Å². The van der Waals surface area contributed by atoms with Crippen LogP contribution in [0.1, 0.15) is 16.2 Å². The zero-order chi connectivity index (χ0) is 15.0. The molecule has 0 aliphatic rings. The SMILES string of the molecule is Cc1nc2ccc(NC(=O)c3ccc(Cl)cc3Cl)cc2[nH]1. The highest BCUT2D eigenvalue weighted by Gasteiger charge is 2.11. The Morgan fingerprint density at radius 2 is 2.00 bits per heavy atom. The molecule has 1 heterocycles. The number of imidazole rings is 1. The molecule has 1 amide bonds. The first kappa shape index (κ1) is 13.9. The predicted molar refractivity (Wildman–Crippen MR) is 85.2 cm³/mol. The van der Waals surface area contributed by atoms with Gasteiger partial charge < -0.3 is 10.3 Å². The quantitative estimate of drug-likeness (QED) is 0.734. The molecule has 0 radical (unpaired) electrons. The van der Waals surface area contributed by atoms with E-state index in [9.17, 15) is 4.79 Å². The molecule has 0 saturated carbocycles. The van der Waals surface area contributed by atoms with Gasteiger partial charge in [-0.3, -0.25) is 4.79 Å². The van der Waals surface area contributed by atoms with Crippen molar-refractivity contribution in [2.24, 2.45) is 0 Å². The highest BCUT2D eigenvalue weighted by atomic mass is 35.5. The van der Waals surface area contributed by atoms with Crippen LogP contribution in [0, 0.1) is 6.92 Å². The maximum absolute atomic E-state index is 12.2. The zero-order valence-electron chi connectivity index (χ0n) is 11.1. The number of hydrogen-bond donors (Lipinski definition) is 2. The summed E-state index contributed by atoms with van der Waals surface area (Å²) in [5, 5.41) is 3.62. The van der Waals surface area contributed by atoms with E-state index < -0.39 is 0 Å². The number of rotatable bonds is 2. The number of carbonyl (C=O) groups is 1. The van der Waals surface area contributed by atoms with Crippen LogP contribution in [-0.4, -0.2) is 15.9 Å². The number of fused-ring (bicyclic) bond motifs is 1. The van der Waals surface area contributed by atoms with Crippen molar-refractivity contribution in [3.8, 4) is 0 Å². The molecule has 2 aromatic carbocycles. The number of nitrogens with zero attached hydrogens (tertiary/aromatic N) is 1. The Hall–Kier alpha value is -2.04. The summed E-state index contributed by atoms with van der Waals surface area (Å²) in [6.45, 7) is 1.88. The minimum absolute atomic E-state index is 0.285. The van der Waals surface area contributed by atoms with Gasteiger partial charge in [-0.05, 0) is 43.3 Å². The average molecular weight is 320 g/mol. The van der Waals surface area contributed by atoms with Crippen LogP contribution in [0.3, 0.4) is 0 Å². The lowest BCUT2D eigenvalue weighted by Gasteiger charge is -2.07. The van der Waals surface area contributed by atoms with Crippen LogP contribution in [-0.2, 0) is 0 Å². The van der Waals surface area contributed by atoms with Crippen LogP contribution in [0.2, 0.25) is 10.0 Å². The first-order chi connectivity index (χ1) is 10.0. The summed E-state index contributed by atoms with van der Waals surface area (Å²) in [7, 11) is 0. The van der Waals surface area contributed by atoms with Crippen molar-refractivity contribution in [3.05, 3.63) is 57.8 Å². The van der Waals surface area contributed by atoms with Crippen LogP contribution in [0.25, 0.3) is 11.0 Å². The maximum atomic E-state index is 12.2. The molecule has 2 N–H and O–H groups in total. The van der Waals surface area contributed by atoms with E-state index in [-0.39, 0.29) is 5.91 Å². The normalized spacial score (nSPS) is 10.8. The minimum Gasteiger partial charge on any atom is -0.342 e. The number of nitrogens with one attached hydrogen (secondary N) is 2. The number of hydrogen-bond acceptors (Lipinski definition) is 2. The van der Waals surface area contributed by atoms with Crippen LogP contribution >= 0.6 is 23.2 Å². The second-order valence-corrected chi connectivity index (χ2v) is 5.48. The molecule has 106 valence electrons. The van der Waals surface area contributed by atoms with Gasteiger partial charge in [0.15, 0.2) is 0 Å². The lowest BCUT2D eigenvalue weighted by molar-refractivity contribution is 0.102. The number of aryl methyl sites for hydroxylation is 1. The van der Waals surface area contributed by atoms with Crippen LogP contribution in [0.4, 0.5) is 5.69 Å². The summed E-state index contributed by atoms with van der Waals surface area (Å²) >= 11 is 11.8. The number of anilines is 1. The second-order valence-electron chi connectivity index (χ2n) is 4.63. The summed E-state index contributed by atoms with van der Waals surface area (Å²) in [4.78, 5) is 19.7. The lowest BCUT2D eigenvalue weighted by atomic mass is 10.2. The fourth-order valence-corrected chi connectivity index (χ4v) is 2.58. The largest absolute Gasteiger partial charge is 0.342 e. The fourth-order valence-electron chi connectivity index (χ4n) is 2.09. The van der Waals surface area contributed by atoms with Gasteiger partial charge in [-0.25, -0.2) is 4.98 Å². The smallest absolute Gasteiger partial charge is 0.257 e. The van der Waals surface area contributed by atoms with Crippen molar-refractivity contribution in [2.75, 3.05) is 5.32 Å². The summed E-state index contributed by atoms with van der Waals surface area (Å²) in [5.41, 5.74) is 2.77. The standard InChI is InChI=1S/C15H11Cl2N3O/c1-8-18-13-5-3-10(7-14(13)19-8)20-15(21)11-4-2-9(16)6-12(11)17/h2-7H,1H3,(H,18,19)(H,20,21). The van der Waals surface area contributed by atoms with Gasteiger partial charge in [0.2, 0.25) is 0 Å². The molecule has 0 atom stereocenters. The molecule has 0 saturated heterocycles. The van der Waals surface area contributed by atoms with E-state index in [1.54, 1.807) is 24.3 Å². The first-order valence-electron chi connectivity index (χ1n) is 6.26. The molecular formula is C15H11Cl2N3O. The number of aromatic amines is 1. The van der Waals surface area contributed by atoms with Crippen molar-refractivity contribution in [3.63, 3.8) is 0 Å². The second kappa shape index (κ2) is 5.39. The van der Waals surface area contributed by atoms with Crippen molar-refractivity contribution >= 4 is 45.8 Å². The van der Waals surface area contributed by atoms with Crippen LogP contribution in [0.15, 0.2) is 36.4 Å². The monoisotopic (exact) mass is 319 g/mol. The molecule has 0 aliphatic carbocycles. The molecule has 6 heteroatoms. The third-order valence-corrected chi connectivity index (χ3v) is 3.58. The molecule has 3 aromatic rings. The number of benzene rings is 2. The highest BCUT2D eigenvalue weighted by molar-refractivity contribution is 6.37. The van der Waals surface area contributed by atoms with Gasteiger partial charge in [0, 0.05) is 10.7 Å². The lowest BCUT2D eigenvalue weighted by Crippen LogP contribution is -2.12. The highest BCUT2D eigenvalue weighted by Crippen LogP contribution is 2.23. The molecule has 4 nitrogen and oxygen atoms in total. The number of H-pyrrole nitrogens is 1. The average Bonchev–Trinajstić information content (AvgIpc) is 2.77. The Kier molecular flexibility index (Phi) is 3.57. The molecule has 0 bridgehead atoms. The Balaban J connectivity index is 1.88. The Morgan fingerprint density at radius 3 is 2.76 bits per heavy atom. The molecule has 0 aliphatic heterocycles. The molecule has 3 rings (SSSR count). The van der Waals surface area contributed by atoms with Gasteiger partial charge in [0.25, 0.3) is 5.91 Å². The fraction of sp³-hybridized carbons (Fsp3) is 0.0667. The number of aromatic nitrogens is 2. The van der Waals surface area contributed by atoms with E-state index in [1.807, 2.05) is 19.1 Å². The summed E-state index contributed by atoms with van der Waals surface area (Å²) in [6, 6.07) is 10.2. The van der Waals surface area contributed by atoms with E-state index >= 15 is 0 Å². The zero-order valence-corrected chi connectivity index (χ0v) is 12.6. The third kappa shape index (κ3) is 2.86. The first-order valence-corrected chi connectivity index (χ1v) is 7.01. The molecule has 0 unspecified atom stereocenters. The van der Waals surface area contributed by atoms with E-state index in [4.69, 9.17) is 23.2 Å². The van der Waals surface area contributed by atoms with Crippen molar-refractivity contribution in [1.29, 1.82) is 0 Å². The molecule has 1 aromatic heterocycles.